The molecule has 2 aromatic heterocycles. The van der Waals surface area contributed by atoms with Crippen LogP contribution in [0.2, 0.25) is 0 Å². The molecule has 0 unspecified atom stereocenters. The van der Waals surface area contributed by atoms with E-state index in [1.807, 2.05) is 15.6 Å². The Morgan fingerprint density at radius 3 is 2.64 bits per heavy atom. The molecule has 3 rings (SSSR count). The highest BCUT2D eigenvalue weighted by molar-refractivity contribution is 6.05. The summed E-state index contributed by atoms with van der Waals surface area (Å²) in [6.07, 6.45) is 3.48. The van der Waals surface area contributed by atoms with E-state index in [0.29, 0.717) is 12.1 Å². The van der Waals surface area contributed by atoms with Crippen molar-refractivity contribution >= 4 is 16.9 Å². The second kappa shape index (κ2) is 6.75. The largest absolute Gasteiger partial charge is 0.336 e. The Labute approximate surface area is 149 Å². The van der Waals surface area contributed by atoms with E-state index in [-0.39, 0.29) is 30.0 Å². The van der Waals surface area contributed by atoms with Crippen molar-refractivity contribution in [1.29, 1.82) is 0 Å². The number of nitrogens with zero attached hydrogens (tertiary/aromatic N) is 4. The van der Waals surface area contributed by atoms with Crippen molar-refractivity contribution in [1.82, 2.24) is 19.7 Å². The molecule has 1 amide bonds. The van der Waals surface area contributed by atoms with E-state index in [4.69, 9.17) is 10.7 Å². The number of pyridine rings is 1. The van der Waals surface area contributed by atoms with E-state index in [1.54, 1.807) is 6.20 Å². The number of aromatic nitrogens is 3. The van der Waals surface area contributed by atoms with Crippen LogP contribution in [0.1, 0.15) is 75.5 Å². The molecule has 1 saturated heterocycles. The van der Waals surface area contributed by atoms with Gasteiger partial charge in [0.25, 0.3) is 5.91 Å². The number of nitrogens with two attached hydrogens (primary N) is 1. The van der Waals surface area contributed by atoms with Crippen LogP contribution in [-0.2, 0) is 0 Å². The molecule has 0 saturated carbocycles. The lowest BCUT2D eigenvalue weighted by molar-refractivity contribution is 0.0621. The van der Waals surface area contributed by atoms with E-state index in [0.717, 1.165) is 29.6 Å². The fourth-order valence-electron chi connectivity index (χ4n) is 3.55. The smallest absolute Gasteiger partial charge is 0.254 e. The quantitative estimate of drug-likeness (QED) is 0.929. The highest BCUT2D eigenvalue weighted by Gasteiger charge is 2.30. The van der Waals surface area contributed by atoms with E-state index in [2.05, 4.69) is 39.7 Å². The monoisotopic (exact) mass is 343 g/mol. The Balaban J connectivity index is 2.09. The van der Waals surface area contributed by atoms with Crippen LogP contribution in [0.15, 0.2) is 12.3 Å². The molecule has 0 bridgehead atoms. The van der Waals surface area contributed by atoms with Gasteiger partial charge in [-0.2, -0.15) is 5.10 Å². The summed E-state index contributed by atoms with van der Waals surface area (Å²) in [5, 5.41) is 5.32. The SMILES string of the molecule is CC(C)c1cc(C(=O)N2CC[C@@H](N)C[C@@H]2C)c2cnn(C(C)C)c2n1. The van der Waals surface area contributed by atoms with Crippen LogP contribution in [-0.4, -0.2) is 44.2 Å². The molecule has 25 heavy (non-hydrogen) atoms. The maximum Gasteiger partial charge on any atom is 0.254 e. The van der Waals surface area contributed by atoms with E-state index in [9.17, 15) is 4.79 Å². The molecule has 0 aromatic carbocycles. The van der Waals surface area contributed by atoms with Gasteiger partial charge in [0.2, 0.25) is 0 Å². The number of hydrogen-bond acceptors (Lipinski definition) is 4. The molecule has 0 spiro atoms. The Bertz CT molecular complexity index is 779. The number of likely N-dealkylation sites (tertiary alicyclic amines) is 1. The van der Waals surface area contributed by atoms with Gasteiger partial charge in [-0.25, -0.2) is 9.67 Å². The number of piperidine rings is 1. The Kier molecular flexibility index (Phi) is 4.82. The van der Waals surface area contributed by atoms with Crippen LogP contribution < -0.4 is 5.73 Å². The first-order valence-electron chi connectivity index (χ1n) is 9.24. The standard InChI is InChI=1S/C19H29N5O/c1-11(2)17-9-15(16-10-21-24(12(3)4)18(16)22-17)19(25)23-7-6-14(20)8-13(23)5/h9-14H,6-8,20H2,1-5H3/t13-,14+/m0/s1. The Morgan fingerprint density at radius 1 is 1.32 bits per heavy atom. The number of rotatable bonds is 3. The second-order valence-electron chi connectivity index (χ2n) is 7.80. The molecule has 6 nitrogen and oxygen atoms in total. The second-order valence-corrected chi connectivity index (χ2v) is 7.80. The first kappa shape index (κ1) is 17.9. The zero-order valence-electron chi connectivity index (χ0n) is 15.9. The molecule has 3 heterocycles. The third kappa shape index (κ3) is 3.27. The third-order valence-electron chi connectivity index (χ3n) is 5.08. The number of carbonyl (C=O) groups is 1. The van der Waals surface area contributed by atoms with Crippen LogP contribution in [0.5, 0.6) is 0 Å². The van der Waals surface area contributed by atoms with Gasteiger partial charge < -0.3 is 10.6 Å². The number of amides is 1. The Hall–Kier alpha value is -1.95. The van der Waals surface area contributed by atoms with Gasteiger partial charge in [-0.15, -0.1) is 0 Å². The van der Waals surface area contributed by atoms with Crippen molar-refractivity contribution in [2.24, 2.45) is 5.73 Å². The van der Waals surface area contributed by atoms with E-state index < -0.39 is 0 Å². The topological polar surface area (TPSA) is 77.0 Å². The van der Waals surface area contributed by atoms with Crippen LogP contribution in [0.25, 0.3) is 11.0 Å². The molecule has 136 valence electrons. The number of fused-ring (bicyclic) bond motifs is 1. The molecule has 1 aliphatic rings. The molecule has 2 aromatic rings. The lowest BCUT2D eigenvalue weighted by atomic mass is 9.97. The van der Waals surface area contributed by atoms with Crippen LogP contribution >= 0.6 is 0 Å². The molecule has 2 N–H and O–H groups in total. The lowest BCUT2D eigenvalue weighted by Gasteiger charge is -2.36. The van der Waals surface area contributed by atoms with Gasteiger partial charge in [0, 0.05) is 30.4 Å². The number of carbonyl (C=O) groups excluding carboxylic acids is 1. The summed E-state index contributed by atoms with van der Waals surface area (Å²) < 4.78 is 1.90. The molecule has 2 atom stereocenters. The predicted molar refractivity (Wildman–Crippen MR) is 99.7 cm³/mol. The van der Waals surface area contributed by atoms with Gasteiger partial charge in [0.15, 0.2) is 5.65 Å². The molecule has 6 heteroatoms. The minimum atomic E-state index is 0.0667. The van der Waals surface area contributed by atoms with Crippen LogP contribution in [0, 0.1) is 0 Å². The normalized spacial score (nSPS) is 21.5. The summed E-state index contributed by atoms with van der Waals surface area (Å²) in [5.41, 5.74) is 8.49. The molecule has 0 radical (unpaired) electrons. The molecule has 0 aliphatic carbocycles. The molecule has 1 fully saturated rings. The summed E-state index contributed by atoms with van der Waals surface area (Å²) in [7, 11) is 0. The first-order chi connectivity index (χ1) is 11.8. The lowest BCUT2D eigenvalue weighted by Crippen LogP contribution is -2.48. The summed E-state index contributed by atoms with van der Waals surface area (Å²) in [6, 6.07) is 2.49. The van der Waals surface area contributed by atoms with Crippen molar-refractivity contribution in [3.8, 4) is 0 Å². The molecule has 1 aliphatic heterocycles. The van der Waals surface area contributed by atoms with Crippen molar-refractivity contribution < 1.29 is 4.79 Å². The van der Waals surface area contributed by atoms with Crippen molar-refractivity contribution in [2.75, 3.05) is 6.54 Å². The minimum Gasteiger partial charge on any atom is -0.336 e. The average Bonchev–Trinajstić information content (AvgIpc) is 2.97. The fraction of sp³-hybridized carbons (Fsp3) is 0.632. The van der Waals surface area contributed by atoms with Gasteiger partial charge in [-0.1, -0.05) is 13.8 Å². The van der Waals surface area contributed by atoms with Gasteiger partial charge in [0.1, 0.15) is 0 Å². The Morgan fingerprint density at radius 2 is 2.04 bits per heavy atom. The van der Waals surface area contributed by atoms with Gasteiger partial charge in [0.05, 0.1) is 17.1 Å². The average molecular weight is 343 g/mol. The van der Waals surface area contributed by atoms with Gasteiger partial charge >= 0.3 is 0 Å². The zero-order valence-corrected chi connectivity index (χ0v) is 15.9. The van der Waals surface area contributed by atoms with Crippen LogP contribution in [0.3, 0.4) is 0 Å². The number of hydrogen-bond donors (Lipinski definition) is 1. The van der Waals surface area contributed by atoms with Crippen molar-refractivity contribution in [3.05, 3.63) is 23.5 Å². The summed E-state index contributed by atoms with van der Waals surface area (Å²) in [4.78, 5) is 20.0. The van der Waals surface area contributed by atoms with Gasteiger partial charge in [-0.3, -0.25) is 4.79 Å². The third-order valence-corrected chi connectivity index (χ3v) is 5.08. The van der Waals surface area contributed by atoms with Crippen molar-refractivity contribution in [2.45, 2.75) is 71.5 Å². The van der Waals surface area contributed by atoms with Crippen LogP contribution in [0.4, 0.5) is 0 Å². The van der Waals surface area contributed by atoms with Crippen molar-refractivity contribution in [3.63, 3.8) is 0 Å². The maximum absolute atomic E-state index is 13.3. The summed E-state index contributed by atoms with van der Waals surface area (Å²) in [5.74, 6) is 0.315. The zero-order chi connectivity index (χ0) is 18.3. The fourth-order valence-corrected chi connectivity index (χ4v) is 3.55. The highest BCUT2D eigenvalue weighted by Crippen LogP contribution is 2.27. The first-order valence-corrected chi connectivity index (χ1v) is 9.24. The summed E-state index contributed by atoms with van der Waals surface area (Å²) in [6.45, 7) is 11.1. The highest BCUT2D eigenvalue weighted by atomic mass is 16.2. The summed E-state index contributed by atoms with van der Waals surface area (Å²) >= 11 is 0. The van der Waals surface area contributed by atoms with Gasteiger partial charge in [-0.05, 0) is 45.6 Å². The molecular weight excluding hydrogens is 314 g/mol. The predicted octanol–water partition coefficient (Wildman–Crippen LogP) is 3.09. The minimum absolute atomic E-state index is 0.0667. The van der Waals surface area contributed by atoms with E-state index >= 15 is 0 Å². The molecular formula is C19H29N5O. The maximum atomic E-state index is 13.3. The van der Waals surface area contributed by atoms with E-state index in [1.165, 1.54) is 0 Å².